The molecule has 0 aliphatic rings. The van der Waals surface area contributed by atoms with Crippen LogP contribution in [0.25, 0.3) is 11.1 Å². The first-order valence-electron chi connectivity index (χ1n) is 5.56. The molecule has 0 atom stereocenters. The number of nitrogens with one attached hydrogen (secondary N) is 1. The maximum absolute atomic E-state index is 13.9. The van der Waals surface area contributed by atoms with Gasteiger partial charge in [-0.15, -0.1) is 0 Å². The van der Waals surface area contributed by atoms with E-state index in [1.807, 2.05) is 26.1 Å². The summed E-state index contributed by atoms with van der Waals surface area (Å²) in [5.74, 6) is -0.204. The minimum Gasteiger partial charge on any atom is -0.316 e. The summed E-state index contributed by atoms with van der Waals surface area (Å²) in [4.78, 5) is 4.08. The Labute approximate surface area is 101 Å². The Kier molecular flexibility index (Phi) is 3.49. The molecule has 88 valence electrons. The van der Waals surface area contributed by atoms with E-state index < -0.39 is 0 Å². The zero-order valence-electron chi connectivity index (χ0n) is 10.00. The molecule has 1 aromatic carbocycles. The van der Waals surface area contributed by atoms with Crippen molar-refractivity contribution in [3.8, 4) is 11.1 Å². The van der Waals surface area contributed by atoms with Gasteiger partial charge in [0, 0.05) is 30.1 Å². The number of nitrogens with zero attached hydrogens (tertiary/aromatic N) is 1. The summed E-state index contributed by atoms with van der Waals surface area (Å²) < 4.78 is 13.9. The molecule has 0 saturated carbocycles. The van der Waals surface area contributed by atoms with Crippen molar-refractivity contribution < 1.29 is 4.39 Å². The molecule has 2 rings (SSSR count). The lowest BCUT2D eigenvalue weighted by atomic mass is 10.0. The fourth-order valence-corrected chi connectivity index (χ4v) is 1.81. The summed E-state index contributed by atoms with van der Waals surface area (Å²) in [6, 6.07) is 7.23. The molecule has 0 fully saturated rings. The standard InChI is InChI=1S/C14H15FN2/c1-10-5-12(9-17-7-10)13-4-3-11(8-16-2)6-14(13)15/h3-7,9,16H,8H2,1-2H3. The van der Waals surface area contributed by atoms with Crippen LogP contribution in [0.2, 0.25) is 0 Å². The van der Waals surface area contributed by atoms with Crippen LogP contribution in [0.4, 0.5) is 4.39 Å². The van der Waals surface area contributed by atoms with Crippen molar-refractivity contribution in [1.82, 2.24) is 10.3 Å². The predicted octanol–water partition coefficient (Wildman–Crippen LogP) is 2.92. The van der Waals surface area contributed by atoms with E-state index in [0.717, 1.165) is 16.7 Å². The highest BCUT2D eigenvalue weighted by atomic mass is 19.1. The van der Waals surface area contributed by atoms with Crippen LogP contribution >= 0.6 is 0 Å². The average Bonchev–Trinajstić information content (AvgIpc) is 2.29. The van der Waals surface area contributed by atoms with Crippen LogP contribution < -0.4 is 5.32 Å². The van der Waals surface area contributed by atoms with Crippen molar-refractivity contribution in [1.29, 1.82) is 0 Å². The van der Waals surface area contributed by atoms with Gasteiger partial charge in [-0.1, -0.05) is 12.1 Å². The van der Waals surface area contributed by atoms with Gasteiger partial charge in [-0.2, -0.15) is 0 Å². The summed E-state index contributed by atoms with van der Waals surface area (Å²) in [6.07, 6.45) is 3.44. The number of aromatic nitrogens is 1. The molecule has 0 unspecified atom stereocenters. The quantitative estimate of drug-likeness (QED) is 0.877. The molecule has 3 heteroatoms. The van der Waals surface area contributed by atoms with Crippen molar-refractivity contribution >= 4 is 0 Å². The molecule has 0 aliphatic heterocycles. The number of pyridine rings is 1. The normalized spacial score (nSPS) is 10.5. The van der Waals surface area contributed by atoms with Crippen molar-refractivity contribution in [2.75, 3.05) is 7.05 Å². The Bertz CT molecular complexity index is 523. The molecule has 1 aromatic heterocycles. The van der Waals surface area contributed by atoms with Crippen molar-refractivity contribution in [2.24, 2.45) is 0 Å². The van der Waals surface area contributed by atoms with E-state index in [0.29, 0.717) is 12.1 Å². The SMILES string of the molecule is CNCc1ccc(-c2cncc(C)c2)c(F)c1. The third kappa shape index (κ3) is 2.68. The lowest BCUT2D eigenvalue weighted by molar-refractivity contribution is 0.627. The molecule has 1 heterocycles. The van der Waals surface area contributed by atoms with E-state index >= 15 is 0 Å². The first kappa shape index (κ1) is 11.7. The van der Waals surface area contributed by atoms with Gasteiger partial charge in [0.25, 0.3) is 0 Å². The molecule has 0 bridgehead atoms. The first-order chi connectivity index (χ1) is 8.20. The summed E-state index contributed by atoms with van der Waals surface area (Å²) in [5, 5.41) is 3.00. The molecule has 0 spiro atoms. The van der Waals surface area contributed by atoms with Gasteiger partial charge in [0.15, 0.2) is 0 Å². The van der Waals surface area contributed by atoms with Gasteiger partial charge in [-0.3, -0.25) is 4.98 Å². The third-order valence-corrected chi connectivity index (χ3v) is 2.60. The minimum atomic E-state index is -0.204. The zero-order valence-corrected chi connectivity index (χ0v) is 10.00. The second-order valence-electron chi connectivity index (χ2n) is 4.10. The smallest absolute Gasteiger partial charge is 0.131 e. The second kappa shape index (κ2) is 5.06. The lowest BCUT2D eigenvalue weighted by Crippen LogP contribution is -2.05. The second-order valence-corrected chi connectivity index (χ2v) is 4.10. The molecular formula is C14H15FN2. The number of hydrogen-bond acceptors (Lipinski definition) is 2. The van der Waals surface area contributed by atoms with Gasteiger partial charge >= 0.3 is 0 Å². The van der Waals surface area contributed by atoms with Crippen LogP contribution in [0, 0.1) is 12.7 Å². The van der Waals surface area contributed by atoms with Crippen molar-refractivity contribution in [2.45, 2.75) is 13.5 Å². The van der Waals surface area contributed by atoms with Crippen LogP contribution in [0.15, 0.2) is 36.7 Å². The fourth-order valence-electron chi connectivity index (χ4n) is 1.81. The molecule has 0 amide bonds. The van der Waals surface area contributed by atoms with Gasteiger partial charge in [-0.05, 0) is 37.2 Å². The molecule has 2 aromatic rings. The highest BCUT2D eigenvalue weighted by Crippen LogP contribution is 2.23. The number of rotatable bonds is 3. The van der Waals surface area contributed by atoms with E-state index in [9.17, 15) is 4.39 Å². The molecule has 2 nitrogen and oxygen atoms in total. The van der Waals surface area contributed by atoms with Crippen molar-refractivity contribution in [3.63, 3.8) is 0 Å². The molecule has 17 heavy (non-hydrogen) atoms. The van der Waals surface area contributed by atoms with Crippen LogP contribution in [0.3, 0.4) is 0 Å². The Hall–Kier alpha value is -1.74. The number of aryl methyl sites for hydroxylation is 1. The molecule has 1 N–H and O–H groups in total. The van der Waals surface area contributed by atoms with Crippen LogP contribution in [0.1, 0.15) is 11.1 Å². The molecule has 0 saturated heterocycles. The number of benzene rings is 1. The largest absolute Gasteiger partial charge is 0.316 e. The summed E-state index contributed by atoms with van der Waals surface area (Å²) in [7, 11) is 1.84. The summed E-state index contributed by atoms with van der Waals surface area (Å²) in [5.41, 5.74) is 3.38. The van der Waals surface area contributed by atoms with Crippen LogP contribution in [0.5, 0.6) is 0 Å². The lowest BCUT2D eigenvalue weighted by Gasteiger charge is -2.06. The van der Waals surface area contributed by atoms with E-state index in [2.05, 4.69) is 10.3 Å². The van der Waals surface area contributed by atoms with Gasteiger partial charge in [0.05, 0.1) is 0 Å². The van der Waals surface area contributed by atoms with Gasteiger partial charge in [0.1, 0.15) is 5.82 Å². The summed E-state index contributed by atoms with van der Waals surface area (Å²) in [6.45, 7) is 2.62. The number of halogens is 1. The maximum atomic E-state index is 13.9. The Morgan fingerprint density at radius 3 is 2.71 bits per heavy atom. The topological polar surface area (TPSA) is 24.9 Å². The Morgan fingerprint density at radius 1 is 1.24 bits per heavy atom. The molecular weight excluding hydrogens is 215 g/mol. The third-order valence-electron chi connectivity index (χ3n) is 2.60. The number of hydrogen-bond donors (Lipinski definition) is 1. The van der Waals surface area contributed by atoms with E-state index in [1.165, 1.54) is 0 Å². The minimum absolute atomic E-state index is 0.204. The predicted molar refractivity (Wildman–Crippen MR) is 67.1 cm³/mol. The Balaban J connectivity index is 2.39. The van der Waals surface area contributed by atoms with Crippen LogP contribution in [-0.4, -0.2) is 12.0 Å². The highest BCUT2D eigenvalue weighted by Gasteiger charge is 2.06. The van der Waals surface area contributed by atoms with Gasteiger partial charge in [-0.25, -0.2) is 4.39 Å². The first-order valence-corrected chi connectivity index (χ1v) is 5.56. The Morgan fingerprint density at radius 2 is 2.06 bits per heavy atom. The van der Waals surface area contributed by atoms with Crippen LogP contribution in [-0.2, 0) is 6.54 Å². The van der Waals surface area contributed by atoms with E-state index in [4.69, 9.17) is 0 Å². The average molecular weight is 230 g/mol. The van der Waals surface area contributed by atoms with Crippen molar-refractivity contribution in [3.05, 3.63) is 53.6 Å². The highest BCUT2D eigenvalue weighted by molar-refractivity contribution is 5.64. The molecule has 0 radical (unpaired) electrons. The summed E-state index contributed by atoms with van der Waals surface area (Å²) >= 11 is 0. The van der Waals surface area contributed by atoms with E-state index in [-0.39, 0.29) is 5.82 Å². The zero-order chi connectivity index (χ0) is 12.3. The molecule has 0 aliphatic carbocycles. The van der Waals surface area contributed by atoms with E-state index in [1.54, 1.807) is 24.5 Å². The monoisotopic (exact) mass is 230 g/mol. The fraction of sp³-hybridized carbons (Fsp3) is 0.214. The van der Waals surface area contributed by atoms with Gasteiger partial charge < -0.3 is 5.32 Å². The van der Waals surface area contributed by atoms with Gasteiger partial charge in [0.2, 0.25) is 0 Å². The maximum Gasteiger partial charge on any atom is 0.131 e.